The molecule has 1 aliphatic carbocycles. The zero-order valence-electron chi connectivity index (χ0n) is 10.9. The van der Waals surface area contributed by atoms with Gasteiger partial charge in [-0.25, -0.2) is 0 Å². The van der Waals surface area contributed by atoms with E-state index in [4.69, 9.17) is 0 Å². The molecule has 0 amide bonds. The van der Waals surface area contributed by atoms with Crippen LogP contribution in [0.1, 0.15) is 40.0 Å². The maximum absolute atomic E-state index is 3.93. The normalized spacial score (nSPS) is 21.8. The van der Waals surface area contributed by atoms with E-state index in [0.717, 1.165) is 18.8 Å². The van der Waals surface area contributed by atoms with E-state index in [-0.39, 0.29) is 0 Å². The van der Waals surface area contributed by atoms with E-state index in [1.54, 1.807) is 0 Å². The van der Waals surface area contributed by atoms with Gasteiger partial charge in [0.05, 0.1) is 0 Å². The van der Waals surface area contributed by atoms with Crippen LogP contribution in [0.3, 0.4) is 0 Å². The molecule has 0 saturated carbocycles. The Labute approximate surface area is 100 Å². The lowest BCUT2D eigenvalue weighted by molar-refractivity contribution is 0.461. The van der Waals surface area contributed by atoms with Gasteiger partial charge in [-0.15, -0.1) is 12.3 Å². The Hall–Kier alpha value is -1.00. The Bertz CT molecular complexity index is 311. The van der Waals surface area contributed by atoms with Gasteiger partial charge < -0.3 is 0 Å². The highest BCUT2D eigenvalue weighted by atomic mass is 14.2. The molecule has 0 nitrogen and oxygen atoms in total. The lowest BCUT2D eigenvalue weighted by Crippen LogP contribution is -2.07. The third kappa shape index (κ3) is 3.87. The van der Waals surface area contributed by atoms with Crippen molar-refractivity contribution in [2.45, 2.75) is 40.0 Å². The Balaban J connectivity index is 2.75. The van der Waals surface area contributed by atoms with Crippen LogP contribution in [0.25, 0.3) is 0 Å². The monoisotopic (exact) mass is 216 g/mol. The number of rotatable bonds is 5. The van der Waals surface area contributed by atoms with E-state index >= 15 is 0 Å². The van der Waals surface area contributed by atoms with Gasteiger partial charge in [0.15, 0.2) is 0 Å². The molecule has 0 fully saturated rings. The van der Waals surface area contributed by atoms with Gasteiger partial charge in [-0.2, -0.15) is 0 Å². The molecule has 0 spiro atoms. The number of hydrogen-bond acceptors (Lipinski definition) is 0. The average molecular weight is 216 g/mol. The van der Waals surface area contributed by atoms with Crippen LogP contribution in [0.2, 0.25) is 0 Å². The van der Waals surface area contributed by atoms with Crippen molar-refractivity contribution in [2.75, 3.05) is 0 Å². The fraction of sp³-hybridized carbons (Fsp3) is 0.562. The van der Waals surface area contributed by atoms with Gasteiger partial charge in [0.25, 0.3) is 0 Å². The van der Waals surface area contributed by atoms with Crippen molar-refractivity contribution in [1.82, 2.24) is 0 Å². The van der Waals surface area contributed by atoms with Gasteiger partial charge in [-0.3, -0.25) is 0 Å². The molecule has 0 aromatic heterocycles. The lowest BCUT2D eigenvalue weighted by Gasteiger charge is -2.19. The highest BCUT2D eigenvalue weighted by Gasteiger charge is 2.15. The van der Waals surface area contributed by atoms with Crippen LogP contribution in [-0.2, 0) is 0 Å². The summed E-state index contributed by atoms with van der Waals surface area (Å²) in [4.78, 5) is 0. The topological polar surface area (TPSA) is 0 Å². The molecule has 0 heterocycles. The van der Waals surface area contributed by atoms with E-state index < -0.39 is 0 Å². The molecule has 16 heavy (non-hydrogen) atoms. The van der Waals surface area contributed by atoms with Gasteiger partial charge in [-0.05, 0) is 42.7 Å². The molecular formula is C16H24. The first-order valence-electron chi connectivity index (χ1n) is 6.42. The van der Waals surface area contributed by atoms with Crippen LogP contribution >= 0.6 is 0 Å². The summed E-state index contributed by atoms with van der Waals surface area (Å²) >= 11 is 0. The predicted octanol–water partition coefficient (Wildman–Crippen LogP) is 4.90. The molecule has 88 valence electrons. The van der Waals surface area contributed by atoms with Crippen molar-refractivity contribution in [3.05, 3.63) is 42.2 Å². The van der Waals surface area contributed by atoms with E-state index in [1.807, 2.05) is 0 Å². The summed E-state index contributed by atoms with van der Waals surface area (Å²) in [7, 11) is 0. The Kier molecular flexibility index (Phi) is 5.35. The molecular weight excluding hydrogens is 192 g/mol. The summed E-state index contributed by atoms with van der Waals surface area (Å²) in [5.74, 6) is 1.94. The summed E-state index contributed by atoms with van der Waals surface area (Å²) in [6.45, 7) is 10.7. The van der Waals surface area contributed by atoms with Gasteiger partial charge in [0, 0.05) is 5.92 Å². The molecule has 2 atom stereocenters. The van der Waals surface area contributed by atoms with Crippen LogP contribution < -0.4 is 0 Å². The van der Waals surface area contributed by atoms with Crippen LogP contribution in [-0.4, -0.2) is 0 Å². The molecule has 0 N–H and O–H groups in total. The minimum atomic E-state index is 0.505. The summed E-state index contributed by atoms with van der Waals surface area (Å²) in [6.07, 6.45) is 12.1. The highest BCUT2D eigenvalue weighted by Crippen LogP contribution is 2.28. The fourth-order valence-electron chi connectivity index (χ4n) is 2.36. The third-order valence-electron chi connectivity index (χ3n) is 3.18. The molecule has 0 radical (unpaired) electrons. The first-order chi connectivity index (χ1) is 7.67. The van der Waals surface area contributed by atoms with Gasteiger partial charge in [0.1, 0.15) is 0 Å². The summed E-state index contributed by atoms with van der Waals surface area (Å²) in [5, 5.41) is 0. The molecule has 0 aromatic rings. The van der Waals surface area contributed by atoms with Crippen LogP contribution in [0.4, 0.5) is 0 Å². The van der Waals surface area contributed by atoms with E-state index in [1.165, 1.54) is 12.0 Å². The van der Waals surface area contributed by atoms with Crippen LogP contribution in [0, 0.1) is 17.8 Å². The fourth-order valence-corrected chi connectivity index (χ4v) is 2.36. The summed E-state index contributed by atoms with van der Waals surface area (Å²) < 4.78 is 0. The molecule has 0 aliphatic heterocycles. The standard InChI is InChI=1S/C16H24/c1-5-15(6-2)16-10-8-7-9-14(12-16)11-13(3)4/h5,7-9,13-15H,1,6,11-12H2,2-4H3. The Morgan fingerprint density at radius 3 is 2.88 bits per heavy atom. The lowest BCUT2D eigenvalue weighted by atomic mass is 9.86. The highest BCUT2D eigenvalue weighted by molar-refractivity contribution is 5.20. The quantitative estimate of drug-likeness (QED) is 0.453. The first-order valence-corrected chi connectivity index (χ1v) is 6.42. The van der Waals surface area contributed by atoms with Crippen molar-refractivity contribution >= 4 is 0 Å². The molecule has 0 aromatic carbocycles. The van der Waals surface area contributed by atoms with Crippen LogP contribution in [0.5, 0.6) is 0 Å². The molecule has 0 bridgehead atoms. The minimum absolute atomic E-state index is 0.505. The Morgan fingerprint density at radius 2 is 2.31 bits per heavy atom. The van der Waals surface area contributed by atoms with Crippen molar-refractivity contribution < 1.29 is 0 Å². The first kappa shape index (κ1) is 13.1. The molecule has 1 rings (SSSR count). The van der Waals surface area contributed by atoms with Crippen LogP contribution in [0.15, 0.2) is 42.2 Å². The molecule has 0 heteroatoms. The van der Waals surface area contributed by atoms with E-state index in [2.05, 4.69) is 57.4 Å². The number of allylic oxidation sites excluding steroid dienone is 4. The molecule has 1 aliphatic rings. The summed E-state index contributed by atoms with van der Waals surface area (Å²) in [6, 6.07) is 0. The maximum atomic E-state index is 3.93. The van der Waals surface area contributed by atoms with E-state index in [0.29, 0.717) is 11.8 Å². The van der Waals surface area contributed by atoms with Crippen molar-refractivity contribution in [2.24, 2.45) is 17.8 Å². The second-order valence-electron chi connectivity index (χ2n) is 5.07. The second-order valence-corrected chi connectivity index (χ2v) is 5.07. The summed E-state index contributed by atoms with van der Waals surface area (Å²) in [5.41, 5.74) is 4.84. The minimum Gasteiger partial charge on any atom is -0.121 e. The van der Waals surface area contributed by atoms with Gasteiger partial charge in [-0.1, -0.05) is 39.0 Å². The van der Waals surface area contributed by atoms with E-state index in [9.17, 15) is 0 Å². The number of hydrogen-bond donors (Lipinski definition) is 0. The largest absolute Gasteiger partial charge is 0.121 e. The predicted molar refractivity (Wildman–Crippen MR) is 72.3 cm³/mol. The zero-order valence-corrected chi connectivity index (χ0v) is 10.9. The smallest absolute Gasteiger partial charge is 0.00476 e. The second kappa shape index (κ2) is 6.55. The van der Waals surface area contributed by atoms with Crippen molar-refractivity contribution in [3.8, 4) is 0 Å². The molecule has 2 unspecified atom stereocenters. The molecule has 0 saturated heterocycles. The average Bonchev–Trinajstić information content (AvgIpc) is 2.45. The third-order valence-corrected chi connectivity index (χ3v) is 3.18. The van der Waals surface area contributed by atoms with Crippen molar-refractivity contribution in [3.63, 3.8) is 0 Å². The Morgan fingerprint density at radius 1 is 1.56 bits per heavy atom. The van der Waals surface area contributed by atoms with Gasteiger partial charge in [0.2, 0.25) is 0 Å². The SMILES string of the molecule is C=CC(CC)C1=C=CC=CC(CC(C)C)C1. The van der Waals surface area contributed by atoms with Gasteiger partial charge >= 0.3 is 0 Å². The maximum Gasteiger partial charge on any atom is 0.00476 e. The zero-order chi connectivity index (χ0) is 12.0. The van der Waals surface area contributed by atoms with Crippen molar-refractivity contribution in [1.29, 1.82) is 0 Å².